The van der Waals surface area contributed by atoms with E-state index in [-0.39, 0.29) is 0 Å². The van der Waals surface area contributed by atoms with Crippen molar-refractivity contribution in [3.8, 4) is 17.2 Å². The summed E-state index contributed by atoms with van der Waals surface area (Å²) in [5.41, 5.74) is 0. The van der Waals surface area contributed by atoms with Crippen LogP contribution in [0.1, 0.15) is 0 Å². The van der Waals surface area contributed by atoms with Gasteiger partial charge in [-0.1, -0.05) is 15.9 Å². The van der Waals surface area contributed by atoms with E-state index in [1.807, 2.05) is 0 Å². The summed E-state index contributed by atoms with van der Waals surface area (Å²) >= 11 is 3.26. The van der Waals surface area contributed by atoms with Crippen LogP contribution in [0, 0.1) is 0 Å². The molecule has 0 fully saturated rings. The Morgan fingerprint density at radius 1 is 1.40 bits per heavy atom. The zero-order chi connectivity index (χ0) is 11.1. The highest BCUT2D eigenvalue weighted by Gasteiger charge is 2.05. The Bertz CT molecular complexity index is 327. The van der Waals surface area contributed by atoms with Gasteiger partial charge in [0.15, 0.2) is 11.5 Å². The molecule has 4 nitrogen and oxygen atoms in total. The van der Waals surface area contributed by atoms with Gasteiger partial charge in [0.2, 0.25) is 0 Å². The number of alkyl halides is 1. The minimum Gasteiger partial charge on any atom is -0.493 e. The van der Waals surface area contributed by atoms with Gasteiger partial charge in [-0.2, -0.15) is 0 Å². The standard InChI is InChI=1S/C10H11BrO4/c1-13-10-6-8(15-7-12)2-3-9(10)14-5-4-11/h2-3,6-7H,4-5H2,1H3. The zero-order valence-electron chi connectivity index (χ0n) is 8.23. The highest BCUT2D eigenvalue weighted by atomic mass is 79.9. The van der Waals surface area contributed by atoms with Crippen LogP contribution in [-0.4, -0.2) is 25.5 Å². The number of methoxy groups -OCH3 is 1. The second-order valence-corrected chi connectivity index (χ2v) is 3.36. The third-order valence-corrected chi connectivity index (χ3v) is 1.98. The Kier molecular flexibility index (Phi) is 4.97. The molecule has 0 saturated heterocycles. The lowest BCUT2D eigenvalue weighted by Crippen LogP contribution is -2.00. The number of carbonyl (C=O) groups excluding carboxylic acids is 1. The molecule has 0 spiro atoms. The summed E-state index contributed by atoms with van der Waals surface area (Å²) < 4.78 is 15.2. The van der Waals surface area contributed by atoms with Crippen molar-refractivity contribution in [2.45, 2.75) is 0 Å². The van der Waals surface area contributed by atoms with Crippen LogP contribution < -0.4 is 14.2 Å². The summed E-state index contributed by atoms with van der Waals surface area (Å²) in [6.07, 6.45) is 0. The van der Waals surface area contributed by atoms with Crippen molar-refractivity contribution >= 4 is 22.4 Å². The molecule has 0 heterocycles. The number of hydrogen-bond donors (Lipinski definition) is 0. The minimum absolute atomic E-state index is 0.369. The number of carbonyl (C=O) groups is 1. The van der Waals surface area contributed by atoms with Gasteiger partial charge in [-0.25, -0.2) is 0 Å². The van der Waals surface area contributed by atoms with E-state index >= 15 is 0 Å². The normalized spacial score (nSPS) is 9.47. The molecule has 1 aromatic rings. The van der Waals surface area contributed by atoms with Crippen LogP contribution in [0.3, 0.4) is 0 Å². The van der Waals surface area contributed by atoms with E-state index in [1.54, 1.807) is 18.2 Å². The van der Waals surface area contributed by atoms with E-state index in [4.69, 9.17) is 9.47 Å². The molecule has 0 radical (unpaired) electrons. The summed E-state index contributed by atoms with van der Waals surface area (Å²) in [4.78, 5) is 10.1. The van der Waals surface area contributed by atoms with E-state index < -0.39 is 0 Å². The van der Waals surface area contributed by atoms with Gasteiger partial charge < -0.3 is 14.2 Å². The number of benzene rings is 1. The molecule has 0 aromatic heterocycles. The van der Waals surface area contributed by atoms with Crippen molar-refractivity contribution in [2.24, 2.45) is 0 Å². The minimum atomic E-state index is 0.369. The van der Waals surface area contributed by atoms with Crippen molar-refractivity contribution in [1.29, 1.82) is 0 Å². The predicted molar refractivity (Wildman–Crippen MR) is 59.0 cm³/mol. The maximum absolute atomic E-state index is 10.1. The monoisotopic (exact) mass is 274 g/mol. The van der Waals surface area contributed by atoms with Gasteiger partial charge in [-0.3, -0.25) is 4.79 Å². The van der Waals surface area contributed by atoms with Gasteiger partial charge in [0, 0.05) is 11.4 Å². The first kappa shape index (κ1) is 11.8. The smallest absolute Gasteiger partial charge is 0.298 e. The summed E-state index contributed by atoms with van der Waals surface area (Å²) in [5.74, 6) is 1.58. The number of rotatable bonds is 6. The summed E-state index contributed by atoms with van der Waals surface area (Å²) in [6, 6.07) is 4.93. The van der Waals surface area contributed by atoms with Crippen molar-refractivity contribution in [3.05, 3.63) is 18.2 Å². The van der Waals surface area contributed by atoms with E-state index in [0.717, 1.165) is 5.33 Å². The molecule has 0 unspecified atom stereocenters. The fourth-order valence-corrected chi connectivity index (χ4v) is 1.21. The van der Waals surface area contributed by atoms with Crippen molar-refractivity contribution < 1.29 is 19.0 Å². The maximum atomic E-state index is 10.1. The van der Waals surface area contributed by atoms with Gasteiger partial charge in [-0.15, -0.1) is 0 Å². The Labute approximate surface area is 96.3 Å². The van der Waals surface area contributed by atoms with Crippen molar-refractivity contribution in [1.82, 2.24) is 0 Å². The lowest BCUT2D eigenvalue weighted by atomic mass is 10.3. The third-order valence-electron chi connectivity index (χ3n) is 1.65. The second-order valence-electron chi connectivity index (χ2n) is 2.56. The summed E-state index contributed by atoms with van der Waals surface area (Å²) in [7, 11) is 1.53. The van der Waals surface area contributed by atoms with Crippen LogP contribution in [0.2, 0.25) is 0 Å². The molecule has 0 aliphatic carbocycles. The molecule has 0 bridgehead atoms. The molecule has 0 saturated carbocycles. The number of ether oxygens (including phenoxy) is 3. The molecule has 0 N–H and O–H groups in total. The van der Waals surface area contributed by atoms with E-state index in [2.05, 4.69) is 20.7 Å². The van der Waals surface area contributed by atoms with Gasteiger partial charge in [0.25, 0.3) is 6.47 Å². The van der Waals surface area contributed by atoms with E-state index in [0.29, 0.717) is 30.3 Å². The number of hydrogen-bond acceptors (Lipinski definition) is 4. The van der Waals surface area contributed by atoms with Crippen LogP contribution in [0.5, 0.6) is 17.2 Å². The second kappa shape index (κ2) is 6.29. The average Bonchev–Trinajstić information content (AvgIpc) is 2.27. The van der Waals surface area contributed by atoms with Crippen molar-refractivity contribution in [3.63, 3.8) is 0 Å². The van der Waals surface area contributed by atoms with Gasteiger partial charge in [-0.05, 0) is 12.1 Å². The lowest BCUT2D eigenvalue weighted by molar-refractivity contribution is -0.120. The van der Waals surface area contributed by atoms with Crippen LogP contribution in [0.25, 0.3) is 0 Å². The van der Waals surface area contributed by atoms with Crippen LogP contribution in [-0.2, 0) is 4.79 Å². The molecule has 0 atom stereocenters. The quantitative estimate of drug-likeness (QED) is 0.588. The molecule has 5 heteroatoms. The van der Waals surface area contributed by atoms with Gasteiger partial charge >= 0.3 is 0 Å². The highest BCUT2D eigenvalue weighted by Crippen LogP contribution is 2.31. The molecular formula is C10H11BrO4. The fourth-order valence-electron chi connectivity index (χ4n) is 1.04. The van der Waals surface area contributed by atoms with Gasteiger partial charge in [0.05, 0.1) is 13.7 Å². The third kappa shape index (κ3) is 3.43. The molecule has 1 rings (SSSR count). The van der Waals surface area contributed by atoms with Crippen LogP contribution in [0.4, 0.5) is 0 Å². The maximum Gasteiger partial charge on any atom is 0.298 e. The summed E-state index contributed by atoms with van der Waals surface area (Å²) in [6.45, 7) is 0.915. The molecular weight excluding hydrogens is 264 g/mol. The molecule has 82 valence electrons. The molecule has 0 aliphatic heterocycles. The highest BCUT2D eigenvalue weighted by molar-refractivity contribution is 9.09. The summed E-state index contributed by atoms with van der Waals surface area (Å²) in [5, 5.41) is 0.739. The van der Waals surface area contributed by atoms with E-state index in [1.165, 1.54) is 7.11 Å². The lowest BCUT2D eigenvalue weighted by Gasteiger charge is -2.10. The van der Waals surface area contributed by atoms with E-state index in [9.17, 15) is 4.79 Å². The largest absolute Gasteiger partial charge is 0.493 e. The predicted octanol–water partition coefficient (Wildman–Crippen LogP) is 2.00. The Morgan fingerprint density at radius 3 is 2.80 bits per heavy atom. The van der Waals surface area contributed by atoms with Crippen LogP contribution >= 0.6 is 15.9 Å². The SMILES string of the molecule is COc1cc(OC=O)ccc1OCCBr. The Balaban J connectivity index is 2.82. The molecule has 1 aromatic carbocycles. The molecule has 0 aliphatic rings. The van der Waals surface area contributed by atoms with Gasteiger partial charge in [0.1, 0.15) is 5.75 Å². The molecule has 15 heavy (non-hydrogen) atoms. The van der Waals surface area contributed by atoms with Crippen molar-refractivity contribution in [2.75, 3.05) is 19.0 Å². The Morgan fingerprint density at radius 2 is 2.20 bits per heavy atom. The van der Waals surface area contributed by atoms with Crippen LogP contribution in [0.15, 0.2) is 18.2 Å². The fraction of sp³-hybridized carbons (Fsp3) is 0.300. The topological polar surface area (TPSA) is 44.8 Å². The number of halogens is 1. The zero-order valence-corrected chi connectivity index (χ0v) is 9.82. The molecule has 0 amide bonds. The first-order valence-electron chi connectivity index (χ1n) is 4.29. The first-order valence-corrected chi connectivity index (χ1v) is 5.41. The first-order chi connectivity index (χ1) is 7.31. The Hall–Kier alpha value is -1.23. The average molecular weight is 275 g/mol.